The van der Waals surface area contributed by atoms with E-state index in [1.54, 1.807) is 12.3 Å². The standard InChI is InChI=1S/C19H20ClFN6O/c20-14-10-12(4-5-15(14)21)23-18(26-28)13-6-7-22-19-17(13)24-16(25-19)11-27-8-2-1-3-9-27/h4-7,10,28H,1-3,8-9,11H2,(H,23,26)(H,22,24,25). The summed E-state index contributed by atoms with van der Waals surface area (Å²) in [5, 5.41) is 9.60. The maximum Gasteiger partial charge on any atom is 0.178 e. The number of aliphatic imine (C=N–C) groups is 1. The van der Waals surface area contributed by atoms with E-state index >= 15 is 0 Å². The van der Waals surface area contributed by atoms with Gasteiger partial charge >= 0.3 is 0 Å². The summed E-state index contributed by atoms with van der Waals surface area (Å²) in [6.07, 6.45) is 5.29. The highest BCUT2D eigenvalue weighted by atomic mass is 35.5. The van der Waals surface area contributed by atoms with Crippen molar-refractivity contribution >= 4 is 34.3 Å². The Morgan fingerprint density at radius 3 is 2.86 bits per heavy atom. The number of piperidine rings is 1. The van der Waals surface area contributed by atoms with Crippen molar-refractivity contribution in [2.75, 3.05) is 13.1 Å². The number of hydrogen-bond donors (Lipinski definition) is 3. The molecule has 1 saturated heterocycles. The number of amidine groups is 1. The van der Waals surface area contributed by atoms with Crippen LogP contribution in [0.1, 0.15) is 30.7 Å². The Morgan fingerprint density at radius 2 is 2.11 bits per heavy atom. The van der Waals surface area contributed by atoms with Crippen molar-refractivity contribution in [2.45, 2.75) is 25.8 Å². The van der Waals surface area contributed by atoms with Crippen molar-refractivity contribution in [3.63, 3.8) is 0 Å². The molecule has 2 aromatic heterocycles. The Hall–Kier alpha value is -2.55. The van der Waals surface area contributed by atoms with Crippen LogP contribution in [0.3, 0.4) is 0 Å². The van der Waals surface area contributed by atoms with Crippen LogP contribution in [0.4, 0.5) is 10.1 Å². The first-order valence-electron chi connectivity index (χ1n) is 9.14. The molecule has 9 heteroatoms. The van der Waals surface area contributed by atoms with Crippen LogP contribution in [0.5, 0.6) is 0 Å². The highest BCUT2D eigenvalue weighted by Crippen LogP contribution is 2.23. The molecule has 3 N–H and O–H groups in total. The van der Waals surface area contributed by atoms with Gasteiger partial charge < -0.3 is 4.98 Å². The molecule has 28 heavy (non-hydrogen) atoms. The quantitative estimate of drug-likeness (QED) is 0.351. The highest BCUT2D eigenvalue weighted by Gasteiger charge is 2.16. The minimum Gasteiger partial charge on any atom is -0.339 e. The third kappa shape index (κ3) is 3.99. The number of hydrogen-bond acceptors (Lipinski definition) is 5. The average molecular weight is 403 g/mol. The molecule has 0 spiro atoms. The Kier molecular flexibility index (Phi) is 5.52. The van der Waals surface area contributed by atoms with Gasteiger partial charge in [0.25, 0.3) is 0 Å². The number of fused-ring (bicyclic) bond motifs is 1. The van der Waals surface area contributed by atoms with Gasteiger partial charge in [-0.1, -0.05) is 18.0 Å². The number of halogens is 2. The van der Waals surface area contributed by atoms with Gasteiger partial charge in [-0.3, -0.25) is 15.6 Å². The third-order valence-electron chi connectivity index (χ3n) is 4.77. The molecule has 0 bridgehead atoms. The molecule has 1 aliphatic heterocycles. The van der Waals surface area contributed by atoms with Crippen LogP contribution in [0.2, 0.25) is 5.02 Å². The molecule has 4 rings (SSSR count). The van der Waals surface area contributed by atoms with Crippen molar-refractivity contribution in [2.24, 2.45) is 4.99 Å². The fourth-order valence-corrected chi connectivity index (χ4v) is 3.56. The molecule has 0 amide bonds. The molecule has 1 aliphatic rings. The van der Waals surface area contributed by atoms with E-state index in [0.29, 0.717) is 22.4 Å². The number of benzene rings is 1. The molecule has 1 aromatic carbocycles. The van der Waals surface area contributed by atoms with Crippen LogP contribution in [0.15, 0.2) is 35.5 Å². The first kappa shape index (κ1) is 18.8. The van der Waals surface area contributed by atoms with E-state index in [1.165, 1.54) is 37.5 Å². The zero-order valence-electron chi connectivity index (χ0n) is 15.1. The number of nitrogens with zero attached hydrogens (tertiary/aromatic N) is 4. The Bertz CT molecular complexity index is 1010. The molecule has 0 atom stereocenters. The van der Waals surface area contributed by atoms with Gasteiger partial charge in [0.2, 0.25) is 0 Å². The van der Waals surface area contributed by atoms with Crippen LogP contribution in [0.25, 0.3) is 11.2 Å². The maximum atomic E-state index is 13.4. The molecule has 3 aromatic rings. The lowest BCUT2D eigenvalue weighted by Crippen LogP contribution is -2.29. The van der Waals surface area contributed by atoms with Crippen molar-refractivity contribution in [3.05, 3.63) is 52.7 Å². The van der Waals surface area contributed by atoms with Gasteiger partial charge in [-0.15, -0.1) is 0 Å². The van der Waals surface area contributed by atoms with Crippen LogP contribution in [-0.4, -0.2) is 44.0 Å². The molecular weight excluding hydrogens is 383 g/mol. The summed E-state index contributed by atoms with van der Waals surface area (Å²) in [5.74, 6) is 0.476. The van der Waals surface area contributed by atoms with E-state index < -0.39 is 5.82 Å². The van der Waals surface area contributed by atoms with Gasteiger partial charge in [0.15, 0.2) is 11.5 Å². The Balaban J connectivity index is 1.67. The maximum absolute atomic E-state index is 13.4. The van der Waals surface area contributed by atoms with Gasteiger partial charge in [-0.2, -0.15) is 0 Å². The molecule has 0 saturated carbocycles. The van der Waals surface area contributed by atoms with E-state index in [9.17, 15) is 9.60 Å². The summed E-state index contributed by atoms with van der Waals surface area (Å²) in [7, 11) is 0. The lowest BCUT2D eigenvalue weighted by Gasteiger charge is -2.25. The second-order valence-electron chi connectivity index (χ2n) is 6.75. The smallest absolute Gasteiger partial charge is 0.178 e. The molecule has 3 heterocycles. The fourth-order valence-electron chi connectivity index (χ4n) is 3.39. The summed E-state index contributed by atoms with van der Waals surface area (Å²) >= 11 is 5.82. The van der Waals surface area contributed by atoms with E-state index in [-0.39, 0.29) is 10.9 Å². The van der Waals surface area contributed by atoms with Crippen LogP contribution >= 0.6 is 11.6 Å². The van der Waals surface area contributed by atoms with Gasteiger partial charge in [-0.05, 0) is 50.2 Å². The summed E-state index contributed by atoms with van der Waals surface area (Å²) < 4.78 is 13.4. The van der Waals surface area contributed by atoms with Gasteiger partial charge in [0.05, 0.1) is 22.8 Å². The molecule has 0 unspecified atom stereocenters. The lowest BCUT2D eigenvalue weighted by atomic mass is 10.1. The highest BCUT2D eigenvalue weighted by molar-refractivity contribution is 6.31. The zero-order valence-corrected chi connectivity index (χ0v) is 15.9. The number of aromatic nitrogens is 3. The van der Waals surface area contributed by atoms with E-state index in [2.05, 4.69) is 30.3 Å². The normalized spacial score (nSPS) is 15.9. The van der Waals surface area contributed by atoms with Crippen molar-refractivity contribution in [1.82, 2.24) is 25.3 Å². The molecule has 0 radical (unpaired) electrons. The lowest BCUT2D eigenvalue weighted by molar-refractivity contribution is 0.216. The molecule has 1 fully saturated rings. The van der Waals surface area contributed by atoms with Crippen molar-refractivity contribution < 1.29 is 9.60 Å². The second-order valence-corrected chi connectivity index (χ2v) is 7.16. The first-order valence-corrected chi connectivity index (χ1v) is 9.52. The Labute approximate surface area is 166 Å². The average Bonchev–Trinajstić information content (AvgIpc) is 3.12. The number of likely N-dealkylation sites (tertiary alicyclic amines) is 1. The molecule has 0 aliphatic carbocycles. The van der Waals surface area contributed by atoms with Crippen LogP contribution in [0, 0.1) is 5.82 Å². The van der Waals surface area contributed by atoms with Crippen molar-refractivity contribution in [3.8, 4) is 0 Å². The number of rotatable bonds is 4. The summed E-state index contributed by atoms with van der Waals surface area (Å²) in [4.78, 5) is 18.9. The minimum absolute atomic E-state index is 0.0382. The zero-order chi connectivity index (χ0) is 19.5. The predicted molar refractivity (Wildman–Crippen MR) is 106 cm³/mol. The second kappa shape index (κ2) is 8.22. The summed E-state index contributed by atoms with van der Waals surface area (Å²) in [6.45, 7) is 2.85. The summed E-state index contributed by atoms with van der Waals surface area (Å²) in [6, 6.07) is 5.82. The van der Waals surface area contributed by atoms with Gasteiger partial charge in [-0.25, -0.2) is 19.4 Å². The first-order chi connectivity index (χ1) is 13.6. The van der Waals surface area contributed by atoms with Gasteiger partial charge in [0, 0.05) is 11.8 Å². The number of nitrogens with one attached hydrogen (secondary N) is 2. The fraction of sp³-hybridized carbons (Fsp3) is 0.316. The number of imidazole rings is 1. The summed E-state index contributed by atoms with van der Waals surface area (Å²) in [5.41, 5.74) is 4.33. The molecular formula is C19H20ClFN6O. The number of pyridine rings is 1. The minimum atomic E-state index is -0.527. The Morgan fingerprint density at radius 1 is 1.29 bits per heavy atom. The monoisotopic (exact) mass is 402 g/mol. The largest absolute Gasteiger partial charge is 0.339 e. The SMILES string of the molecule is ONC(=Nc1ccc(F)c(Cl)c1)c1ccnc2nc(CN3CCCCC3)[nH]c12. The number of H-pyrrole nitrogens is 1. The predicted octanol–water partition coefficient (Wildman–Crippen LogP) is 3.79. The number of hydroxylamine groups is 1. The number of aromatic amines is 1. The van der Waals surface area contributed by atoms with Crippen LogP contribution < -0.4 is 5.48 Å². The van der Waals surface area contributed by atoms with Crippen LogP contribution in [-0.2, 0) is 6.54 Å². The third-order valence-corrected chi connectivity index (χ3v) is 5.06. The van der Waals surface area contributed by atoms with Crippen molar-refractivity contribution in [1.29, 1.82) is 0 Å². The van der Waals surface area contributed by atoms with E-state index in [0.717, 1.165) is 25.5 Å². The van der Waals surface area contributed by atoms with E-state index in [1.807, 2.05) is 0 Å². The molecule has 7 nitrogen and oxygen atoms in total. The van der Waals surface area contributed by atoms with Gasteiger partial charge in [0.1, 0.15) is 11.6 Å². The van der Waals surface area contributed by atoms with E-state index in [4.69, 9.17) is 11.6 Å². The topological polar surface area (TPSA) is 89.4 Å². The molecule has 146 valence electrons.